The third kappa shape index (κ3) is 2.91. The van der Waals surface area contributed by atoms with Crippen molar-refractivity contribution < 1.29 is 4.79 Å². The lowest BCUT2D eigenvalue weighted by molar-refractivity contribution is 0.0746. The van der Waals surface area contributed by atoms with Crippen LogP contribution >= 0.6 is 0 Å². The molecule has 114 valence electrons. The summed E-state index contributed by atoms with van der Waals surface area (Å²) in [5, 5.41) is 0. The van der Waals surface area contributed by atoms with Gasteiger partial charge in [0, 0.05) is 43.1 Å². The molecule has 4 heteroatoms. The minimum absolute atomic E-state index is 0.130. The number of nitrogens with zero attached hydrogens (tertiary/aromatic N) is 2. The topological polar surface area (TPSA) is 49.6 Å². The molecule has 0 saturated carbocycles. The zero-order valence-corrected chi connectivity index (χ0v) is 12.8. The molecule has 1 heterocycles. The molecule has 1 aliphatic heterocycles. The maximum atomic E-state index is 12.6. The van der Waals surface area contributed by atoms with Gasteiger partial charge in [-0.3, -0.25) is 4.79 Å². The van der Waals surface area contributed by atoms with Gasteiger partial charge in [-0.05, 0) is 36.8 Å². The summed E-state index contributed by atoms with van der Waals surface area (Å²) in [6, 6.07) is 15.7. The summed E-state index contributed by atoms with van der Waals surface area (Å²) >= 11 is 0. The number of nitrogen functional groups attached to an aromatic ring is 1. The van der Waals surface area contributed by atoms with Gasteiger partial charge in [0.15, 0.2) is 0 Å². The Balaban J connectivity index is 1.67. The van der Waals surface area contributed by atoms with E-state index in [9.17, 15) is 4.79 Å². The van der Waals surface area contributed by atoms with Crippen molar-refractivity contribution in [1.82, 2.24) is 4.90 Å². The first kappa shape index (κ1) is 14.4. The molecule has 2 aromatic rings. The summed E-state index contributed by atoms with van der Waals surface area (Å²) in [7, 11) is 0. The van der Waals surface area contributed by atoms with E-state index >= 15 is 0 Å². The Kier molecular flexibility index (Phi) is 4.00. The normalized spacial score (nSPS) is 15.0. The summed E-state index contributed by atoms with van der Waals surface area (Å²) in [6.07, 6.45) is 0. The fourth-order valence-electron chi connectivity index (χ4n) is 2.87. The Labute approximate surface area is 131 Å². The molecule has 4 nitrogen and oxygen atoms in total. The molecule has 1 amide bonds. The lowest BCUT2D eigenvalue weighted by Crippen LogP contribution is -2.48. The quantitative estimate of drug-likeness (QED) is 0.866. The summed E-state index contributed by atoms with van der Waals surface area (Å²) in [4.78, 5) is 16.8. The van der Waals surface area contributed by atoms with Crippen LogP contribution < -0.4 is 10.6 Å². The van der Waals surface area contributed by atoms with E-state index in [0.29, 0.717) is 0 Å². The highest BCUT2D eigenvalue weighted by Crippen LogP contribution is 2.20. The predicted molar refractivity (Wildman–Crippen MR) is 90.1 cm³/mol. The van der Waals surface area contributed by atoms with Crippen LogP contribution in [0.5, 0.6) is 0 Å². The van der Waals surface area contributed by atoms with E-state index in [4.69, 9.17) is 5.73 Å². The van der Waals surface area contributed by atoms with Crippen LogP contribution in [0.1, 0.15) is 15.9 Å². The number of amides is 1. The number of rotatable bonds is 2. The van der Waals surface area contributed by atoms with Crippen LogP contribution in [0.4, 0.5) is 11.4 Å². The number of nitrogens with two attached hydrogens (primary N) is 1. The molecule has 1 fully saturated rings. The molecule has 2 aromatic carbocycles. The minimum Gasteiger partial charge on any atom is -0.399 e. The second kappa shape index (κ2) is 6.10. The van der Waals surface area contributed by atoms with E-state index < -0.39 is 0 Å². The molecule has 22 heavy (non-hydrogen) atoms. The summed E-state index contributed by atoms with van der Waals surface area (Å²) in [6.45, 7) is 5.13. The number of hydrogen-bond acceptors (Lipinski definition) is 3. The monoisotopic (exact) mass is 295 g/mol. The fourth-order valence-corrected chi connectivity index (χ4v) is 2.87. The first-order valence-electron chi connectivity index (χ1n) is 7.60. The van der Waals surface area contributed by atoms with Crippen LogP contribution in [0.2, 0.25) is 0 Å². The van der Waals surface area contributed by atoms with E-state index in [1.807, 2.05) is 54.3 Å². The molecule has 3 rings (SSSR count). The Hall–Kier alpha value is -2.49. The third-order valence-electron chi connectivity index (χ3n) is 4.18. The highest BCUT2D eigenvalue weighted by Gasteiger charge is 2.23. The number of benzene rings is 2. The molecule has 0 atom stereocenters. The van der Waals surface area contributed by atoms with Crippen LogP contribution in [0, 0.1) is 6.92 Å². The smallest absolute Gasteiger partial charge is 0.254 e. The Bertz CT molecular complexity index is 676. The van der Waals surface area contributed by atoms with Crippen LogP contribution in [-0.4, -0.2) is 37.0 Å². The Morgan fingerprint density at radius 2 is 1.73 bits per heavy atom. The van der Waals surface area contributed by atoms with Crippen molar-refractivity contribution in [1.29, 1.82) is 0 Å². The van der Waals surface area contributed by atoms with E-state index in [1.54, 1.807) is 0 Å². The number of aryl methyl sites for hydroxylation is 1. The number of carbonyl (C=O) groups excluding carboxylic acids is 1. The molecule has 0 unspecified atom stereocenters. The molecule has 0 aliphatic carbocycles. The van der Waals surface area contributed by atoms with Crippen LogP contribution in [-0.2, 0) is 0 Å². The van der Waals surface area contributed by atoms with Gasteiger partial charge in [0.1, 0.15) is 0 Å². The van der Waals surface area contributed by atoms with Crippen molar-refractivity contribution in [2.45, 2.75) is 6.92 Å². The van der Waals surface area contributed by atoms with Gasteiger partial charge in [-0.25, -0.2) is 0 Å². The molecule has 2 N–H and O–H groups in total. The van der Waals surface area contributed by atoms with Crippen LogP contribution in [0.15, 0.2) is 48.5 Å². The first-order valence-corrected chi connectivity index (χ1v) is 7.60. The van der Waals surface area contributed by atoms with E-state index in [0.717, 1.165) is 48.7 Å². The minimum atomic E-state index is 0.130. The summed E-state index contributed by atoms with van der Waals surface area (Å²) < 4.78 is 0. The van der Waals surface area contributed by atoms with E-state index in [-0.39, 0.29) is 5.91 Å². The average Bonchev–Trinajstić information content (AvgIpc) is 2.55. The second-order valence-corrected chi connectivity index (χ2v) is 5.69. The van der Waals surface area contributed by atoms with Gasteiger partial charge < -0.3 is 15.5 Å². The van der Waals surface area contributed by atoms with Gasteiger partial charge in [-0.1, -0.05) is 24.3 Å². The summed E-state index contributed by atoms with van der Waals surface area (Å²) in [5.74, 6) is 0.130. The maximum absolute atomic E-state index is 12.6. The Morgan fingerprint density at radius 1 is 1.00 bits per heavy atom. The molecule has 1 aliphatic rings. The van der Waals surface area contributed by atoms with E-state index in [1.165, 1.54) is 0 Å². The maximum Gasteiger partial charge on any atom is 0.254 e. The molecular formula is C18H21N3O. The lowest BCUT2D eigenvalue weighted by atomic mass is 10.1. The van der Waals surface area contributed by atoms with Crippen LogP contribution in [0.3, 0.4) is 0 Å². The summed E-state index contributed by atoms with van der Waals surface area (Å²) in [5.41, 5.74) is 9.58. The van der Waals surface area contributed by atoms with Crippen molar-refractivity contribution in [3.05, 3.63) is 59.7 Å². The van der Waals surface area contributed by atoms with Gasteiger partial charge in [0.2, 0.25) is 0 Å². The second-order valence-electron chi connectivity index (χ2n) is 5.69. The number of carbonyl (C=O) groups is 1. The average molecular weight is 295 g/mol. The van der Waals surface area contributed by atoms with Crippen LogP contribution in [0.25, 0.3) is 0 Å². The van der Waals surface area contributed by atoms with Gasteiger partial charge in [0.05, 0.1) is 0 Å². The van der Waals surface area contributed by atoms with Gasteiger partial charge in [0.25, 0.3) is 5.91 Å². The number of anilines is 2. The van der Waals surface area contributed by atoms with Crippen molar-refractivity contribution in [2.24, 2.45) is 0 Å². The zero-order valence-electron chi connectivity index (χ0n) is 12.8. The van der Waals surface area contributed by atoms with Crippen molar-refractivity contribution in [2.75, 3.05) is 36.8 Å². The molecule has 0 bridgehead atoms. The molecule has 0 spiro atoms. The molecule has 1 saturated heterocycles. The van der Waals surface area contributed by atoms with Crippen molar-refractivity contribution in [3.8, 4) is 0 Å². The van der Waals surface area contributed by atoms with Gasteiger partial charge in [-0.2, -0.15) is 0 Å². The molecule has 0 aromatic heterocycles. The highest BCUT2D eigenvalue weighted by atomic mass is 16.2. The number of hydrogen-bond donors (Lipinski definition) is 1. The van der Waals surface area contributed by atoms with Gasteiger partial charge >= 0.3 is 0 Å². The van der Waals surface area contributed by atoms with Gasteiger partial charge in [-0.15, -0.1) is 0 Å². The lowest BCUT2D eigenvalue weighted by Gasteiger charge is -2.36. The largest absolute Gasteiger partial charge is 0.399 e. The Morgan fingerprint density at radius 3 is 2.41 bits per heavy atom. The standard InChI is InChI=1S/C18H21N3O/c1-14-5-2-3-8-17(14)18(22)21-11-9-20(10-12-21)16-7-4-6-15(19)13-16/h2-8,13H,9-12,19H2,1H3. The third-order valence-corrected chi connectivity index (χ3v) is 4.18. The van der Waals surface area contributed by atoms with E-state index in [2.05, 4.69) is 11.0 Å². The van der Waals surface area contributed by atoms with Crippen molar-refractivity contribution >= 4 is 17.3 Å². The zero-order chi connectivity index (χ0) is 15.5. The van der Waals surface area contributed by atoms with Crippen molar-refractivity contribution in [3.63, 3.8) is 0 Å². The molecular weight excluding hydrogens is 274 g/mol. The SMILES string of the molecule is Cc1ccccc1C(=O)N1CCN(c2cccc(N)c2)CC1. The predicted octanol–water partition coefficient (Wildman–Crippen LogP) is 2.54. The number of piperazine rings is 1. The molecule has 0 radical (unpaired) electrons. The fraction of sp³-hybridized carbons (Fsp3) is 0.278. The highest BCUT2D eigenvalue weighted by molar-refractivity contribution is 5.95. The first-order chi connectivity index (χ1) is 10.6.